The van der Waals surface area contributed by atoms with Crippen molar-refractivity contribution in [2.24, 2.45) is 0 Å². The summed E-state index contributed by atoms with van der Waals surface area (Å²) >= 11 is 3.38. The lowest BCUT2D eigenvalue weighted by atomic mass is 10.2. The minimum atomic E-state index is 0.0237. The summed E-state index contributed by atoms with van der Waals surface area (Å²) in [6.07, 6.45) is 0.0237. The van der Waals surface area contributed by atoms with Gasteiger partial charge in [0, 0.05) is 11.5 Å². The molecular formula is C10H11BrN2O. The van der Waals surface area contributed by atoms with Gasteiger partial charge in [0.05, 0.1) is 6.54 Å². The number of likely N-dealkylation sites (N-methyl/N-ethyl adjacent to an activating group) is 1. The quantitative estimate of drug-likeness (QED) is 0.824. The highest BCUT2D eigenvalue weighted by Gasteiger charge is 2.27. The molecule has 1 atom stereocenters. The number of halogens is 1. The third-order valence-electron chi connectivity index (χ3n) is 2.41. The first-order valence-corrected chi connectivity index (χ1v) is 5.22. The van der Waals surface area contributed by atoms with E-state index in [0.29, 0.717) is 6.54 Å². The molecule has 74 valence electrons. The van der Waals surface area contributed by atoms with Crippen LogP contribution in [0.25, 0.3) is 0 Å². The van der Waals surface area contributed by atoms with Gasteiger partial charge in [-0.25, -0.2) is 0 Å². The average Bonchev–Trinajstić information content (AvgIpc) is 2.50. The van der Waals surface area contributed by atoms with Gasteiger partial charge in [0.25, 0.3) is 0 Å². The molecule has 2 rings (SSSR count). The largest absolute Gasteiger partial charge is 0.325 e. The zero-order valence-corrected chi connectivity index (χ0v) is 9.41. The van der Waals surface area contributed by atoms with Crippen molar-refractivity contribution in [1.29, 1.82) is 0 Å². The van der Waals surface area contributed by atoms with Crippen LogP contribution < -0.4 is 5.32 Å². The molecule has 1 saturated heterocycles. The minimum Gasteiger partial charge on any atom is -0.325 e. The van der Waals surface area contributed by atoms with Crippen molar-refractivity contribution < 1.29 is 4.79 Å². The summed E-state index contributed by atoms with van der Waals surface area (Å²) in [5, 5.41) is 3.15. The van der Waals surface area contributed by atoms with Crippen LogP contribution in [-0.2, 0) is 4.79 Å². The van der Waals surface area contributed by atoms with Gasteiger partial charge < -0.3 is 4.90 Å². The lowest BCUT2D eigenvalue weighted by Gasteiger charge is -2.19. The maximum absolute atomic E-state index is 11.3. The van der Waals surface area contributed by atoms with Gasteiger partial charge in [0.2, 0.25) is 5.91 Å². The molecule has 0 radical (unpaired) electrons. The normalized spacial score (nSPS) is 21.7. The predicted molar refractivity (Wildman–Crippen MR) is 57.7 cm³/mol. The van der Waals surface area contributed by atoms with Gasteiger partial charge in [-0.15, -0.1) is 0 Å². The number of rotatable bonds is 1. The van der Waals surface area contributed by atoms with E-state index in [1.807, 2.05) is 31.3 Å². The topological polar surface area (TPSA) is 32.3 Å². The van der Waals surface area contributed by atoms with Crippen molar-refractivity contribution in [3.05, 3.63) is 34.3 Å². The second kappa shape index (κ2) is 3.71. The highest BCUT2D eigenvalue weighted by Crippen LogP contribution is 2.22. The second-order valence-electron chi connectivity index (χ2n) is 3.34. The SMILES string of the molecule is CN1C(=O)CNC1c1ccc(Br)cc1. The van der Waals surface area contributed by atoms with Gasteiger partial charge in [-0.2, -0.15) is 0 Å². The molecule has 1 aliphatic heterocycles. The van der Waals surface area contributed by atoms with Crippen LogP contribution in [-0.4, -0.2) is 24.4 Å². The van der Waals surface area contributed by atoms with Crippen LogP contribution in [0.2, 0.25) is 0 Å². The van der Waals surface area contributed by atoms with Crippen LogP contribution in [0.15, 0.2) is 28.7 Å². The Hall–Kier alpha value is -0.870. The van der Waals surface area contributed by atoms with Crippen LogP contribution in [0.4, 0.5) is 0 Å². The fourth-order valence-corrected chi connectivity index (χ4v) is 1.84. The molecule has 3 nitrogen and oxygen atoms in total. The minimum absolute atomic E-state index is 0.0237. The molecule has 0 aromatic heterocycles. The molecule has 1 unspecified atom stereocenters. The van der Waals surface area contributed by atoms with Crippen LogP contribution in [0.1, 0.15) is 11.7 Å². The fraction of sp³-hybridized carbons (Fsp3) is 0.300. The monoisotopic (exact) mass is 254 g/mol. The molecule has 1 aliphatic rings. The summed E-state index contributed by atoms with van der Waals surface area (Å²) in [5.41, 5.74) is 1.11. The standard InChI is InChI=1S/C10H11BrN2O/c1-13-9(14)6-12-10(13)7-2-4-8(11)5-3-7/h2-5,10,12H,6H2,1H3. The Balaban J connectivity index is 2.23. The number of hydrogen-bond acceptors (Lipinski definition) is 2. The van der Waals surface area contributed by atoms with Gasteiger partial charge in [-0.05, 0) is 17.7 Å². The van der Waals surface area contributed by atoms with Gasteiger partial charge in [-0.1, -0.05) is 28.1 Å². The summed E-state index contributed by atoms with van der Waals surface area (Å²) < 4.78 is 1.05. The summed E-state index contributed by atoms with van der Waals surface area (Å²) in [6.45, 7) is 0.428. The van der Waals surface area contributed by atoms with Crippen LogP contribution in [0.5, 0.6) is 0 Å². The van der Waals surface area contributed by atoms with E-state index in [1.54, 1.807) is 4.90 Å². The molecule has 1 N–H and O–H groups in total. The summed E-state index contributed by atoms with van der Waals surface area (Å²) in [7, 11) is 1.81. The molecule has 0 saturated carbocycles. The molecule has 1 fully saturated rings. The van der Waals surface area contributed by atoms with Crippen molar-refractivity contribution in [3.63, 3.8) is 0 Å². The number of nitrogens with zero attached hydrogens (tertiary/aromatic N) is 1. The van der Waals surface area contributed by atoms with Crippen LogP contribution in [0, 0.1) is 0 Å². The van der Waals surface area contributed by atoms with Crippen molar-refractivity contribution in [1.82, 2.24) is 10.2 Å². The number of carbonyl (C=O) groups is 1. The summed E-state index contributed by atoms with van der Waals surface area (Å²) in [6, 6.07) is 7.98. The number of nitrogens with one attached hydrogen (secondary N) is 1. The predicted octanol–water partition coefficient (Wildman–Crippen LogP) is 1.51. The van der Waals surface area contributed by atoms with Crippen LogP contribution >= 0.6 is 15.9 Å². The maximum Gasteiger partial charge on any atom is 0.237 e. The molecule has 1 amide bonds. The Morgan fingerprint density at radius 2 is 2.07 bits per heavy atom. The van der Waals surface area contributed by atoms with E-state index in [1.165, 1.54) is 0 Å². The number of carbonyl (C=O) groups excluding carboxylic acids is 1. The van der Waals surface area contributed by atoms with Crippen molar-refractivity contribution >= 4 is 21.8 Å². The first-order chi connectivity index (χ1) is 6.68. The van der Waals surface area contributed by atoms with E-state index < -0.39 is 0 Å². The molecule has 1 heterocycles. The Morgan fingerprint density at radius 3 is 2.57 bits per heavy atom. The third-order valence-corrected chi connectivity index (χ3v) is 2.94. The number of amides is 1. The molecule has 0 aliphatic carbocycles. The van der Waals surface area contributed by atoms with Crippen molar-refractivity contribution in [2.75, 3.05) is 13.6 Å². The molecule has 1 aromatic carbocycles. The van der Waals surface area contributed by atoms with Crippen molar-refractivity contribution in [2.45, 2.75) is 6.17 Å². The van der Waals surface area contributed by atoms with E-state index in [4.69, 9.17) is 0 Å². The second-order valence-corrected chi connectivity index (χ2v) is 4.26. The lowest BCUT2D eigenvalue weighted by Crippen LogP contribution is -2.25. The Labute approximate surface area is 91.2 Å². The van der Waals surface area contributed by atoms with E-state index in [9.17, 15) is 4.79 Å². The summed E-state index contributed by atoms with van der Waals surface area (Å²) in [5.74, 6) is 0.137. The van der Waals surface area contributed by atoms with Gasteiger partial charge in [0.1, 0.15) is 6.17 Å². The Kier molecular flexibility index (Phi) is 2.56. The fourth-order valence-electron chi connectivity index (χ4n) is 1.58. The van der Waals surface area contributed by atoms with E-state index in [2.05, 4.69) is 21.2 Å². The molecule has 0 bridgehead atoms. The Bertz CT molecular complexity index is 350. The molecule has 14 heavy (non-hydrogen) atoms. The first kappa shape index (κ1) is 9.68. The van der Waals surface area contributed by atoms with E-state index in [0.717, 1.165) is 10.0 Å². The molecule has 4 heteroatoms. The van der Waals surface area contributed by atoms with E-state index in [-0.39, 0.29) is 12.1 Å². The van der Waals surface area contributed by atoms with Crippen LogP contribution in [0.3, 0.4) is 0 Å². The Morgan fingerprint density at radius 1 is 1.43 bits per heavy atom. The lowest BCUT2D eigenvalue weighted by molar-refractivity contribution is -0.126. The summed E-state index contributed by atoms with van der Waals surface area (Å²) in [4.78, 5) is 13.0. The highest BCUT2D eigenvalue weighted by molar-refractivity contribution is 9.10. The van der Waals surface area contributed by atoms with Gasteiger partial charge in [0.15, 0.2) is 0 Å². The van der Waals surface area contributed by atoms with Crippen molar-refractivity contribution in [3.8, 4) is 0 Å². The number of hydrogen-bond donors (Lipinski definition) is 1. The van der Waals surface area contributed by atoms with Gasteiger partial charge in [-0.3, -0.25) is 10.1 Å². The third kappa shape index (κ3) is 1.67. The van der Waals surface area contributed by atoms with E-state index >= 15 is 0 Å². The molecule has 1 aromatic rings. The molecule has 0 spiro atoms. The zero-order chi connectivity index (χ0) is 10.1. The first-order valence-electron chi connectivity index (χ1n) is 4.43. The molecular weight excluding hydrogens is 244 g/mol. The van der Waals surface area contributed by atoms with Gasteiger partial charge >= 0.3 is 0 Å². The zero-order valence-electron chi connectivity index (χ0n) is 7.83. The number of benzene rings is 1. The smallest absolute Gasteiger partial charge is 0.237 e. The maximum atomic E-state index is 11.3. The average molecular weight is 255 g/mol. The highest BCUT2D eigenvalue weighted by atomic mass is 79.9.